The van der Waals surface area contributed by atoms with Crippen molar-refractivity contribution < 1.29 is 19.1 Å². The third-order valence-electron chi connectivity index (χ3n) is 15.2. The van der Waals surface area contributed by atoms with Crippen LogP contribution in [0.5, 0.6) is 0 Å². The molecule has 0 aromatic carbocycles. The predicted octanol–water partition coefficient (Wildman–Crippen LogP) is 18.7. The van der Waals surface area contributed by atoms with Gasteiger partial charge in [0.2, 0.25) is 0 Å². The minimum absolute atomic E-state index is 0.0343. The molecule has 0 aliphatic heterocycles. The van der Waals surface area contributed by atoms with Crippen molar-refractivity contribution in [2.75, 3.05) is 40.3 Å². The molecule has 4 unspecified atom stereocenters. The van der Waals surface area contributed by atoms with Gasteiger partial charge in [-0.15, -0.1) is 0 Å². The fourth-order valence-electron chi connectivity index (χ4n) is 10.2. The smallest absolute Gasteiger partial charge is 0.306 e. The fourth-order valence-corrected chi connectivity index (χ4v) is 10.2. The van der Waals surface area contributed by atoms with Crippen LogP contribution in [-0.2, 0) is 19.1 Å². The highest BCUT2D eigenvalue weighted by molar-refractivity contribution is 5.69. The Morgan fingerprint density at radius 3 is 0.870 bits per heavy atom. The molecule has 69 heavy (non-hydrogen) atoms. The Morgan fingerprint density at radius 1 is 0.304 bits per heavy atom. The summed E-state index contributed by atoms with van der Waals surface area (Å²) < 4.78 is 12.5. The second kappa shape index (κ2) is 45.5. The van der Waals surface area contributed by atoms with Gasteiger partial charge in [0.05, 0.1) is 0 Å². The van der Waals surface area contributed by atoms with Gasteiger partial charge in [-0.05, 0) is 171 Å². The van der Waals surface area contributed by atoms with Gasteiger partial charge in [-0.1, -0.05) is 199 Å². The number of esters is 2. The van der Waals surface area contributed by atoms with Crippen molar-refractivity contribution in [2.45, 2.75) is 307 Å². The quantitative estimate of drug-likeness (QED) is 0.0447. The lowest BCUT2D eigenvalue weighted by molar-refractivity contribution is -0.151. The van der Waals surface area contributed by atoms with E-state index >= 15 is 0 Å². The zero-order valence-corrected chi connectivity index (χ0v) is 49.5. The fraction of sp³-hybridized carbons (Fsp3) is 0.968. The molecular weight excluding hydrogens is 849 g/mol. The molecule has 4 atom stereocenters. The number of ether oxygens (including phenoxy) is 2. The lowest BCUT2D eigenvalue weighted by Crippen LogP contribution is -2.29. The molecule has 6 nitrogen and oxygen atoms in total. The second-order valence-electron chi connectivity index (χ2n) is 25.3. The molecule has 0 aromatic rings. The van der Waals surface area contributed by atoms with Crippen LogP contribution in [0.4, 0.5) is 0 Å². The molecule has 0 N–H and O–H groups in total. The molecule has 0 bridgehead atoms. The van der Waals surface area contributed by atoms with Crippen LogP contribution in [0.25, 0.3) is 0 Å². The Kier molecular flexibility index (Phi) is 44.7. The number of hydrogen-bond donors (Lipinski definition) is 0. The van der Waals surface area contributed by atoms with Crippen molar-refractivity contribution in [3.05, 3.63) is 0 Å². The normalized spacial score (nSPS) is 14.9. The summed E-state index contributed by atoms with van der Waals surface area (Å²) in [6.07, 6.45) is 38.3. The maximum Gasteiger partial charge on any atom is 0.306 e. The van der Waals surface area contributed by atoms with Gasteiger partial charge in [0.25, 0.3) is 0 Å². The van der Waals surface area contributed by atoms with E-state index in [1.165, 1.54) is 167 Å². The third-order valence-corrected chi connectivity index (χ3v) is 15.2. The van der Waals surface area contributed by atoms with Crippen LogP contribution in [0.2, 0.25) is 0 Å². The number of hydrogen-bond acceptors (Lipinski definition) is 6. The molecule has 0 amide bonds. The van der Waals surface area contributed by atoms with Crippen molar-refractivity contribution in [3.8, 4) is 0 Å². The number of unbranched alkanes of at least 4 members (excludes halogenated alkanes) is 8. The lowest BCUT2D eigenvalue weighted by atomic mass is 9.91. The monoisotopic (exact) mass is 975 g/mol. The minimum Gasteiger partial charge on any atom is -0.462 e. The highest BCUT2D eigenvalue weighted by Crippen LogP contribution is 2.26. The predicted molar refractivity (Wildman–Crippen MR) is 303 cm³/mol. The van der Waals surface area contributed by atoms with Crippen LogP contribution >= 0.6 is 0 Å². The largest absolute Gasteiger partial charge is 0.462 e. The van der Waals surface area contributed by atoms with E-state index in [4.69, 9.17) is 9.47 Å². The zero-order valence-electron chi connectivity index (χ0n) is 49.5. The number of carbonyl (C=O) groups is 2. The van der Waals surface area contributed by atoms with E-state index in [-0.39, 0.29) is 24.1 Å². The van der Waals surface area contributed by atoms with Gasteiger partial charge < -0.3 is 19.3 Å². The summed E-state index contributed by atoms with van der Waals surface area (Å²) in [6, 6.07) is 0. The Hall–Kier alpha value is -1.14. The SMILES string of the molecule is CC(C)CCCC(C)CCC(CCC(C)CCCC(C)C)OC(=O)CCCCCCCN(CCCCCCCC(=O)OC(CCC(C)CCCC(C)C)CCC(C)CCCC(C)C)CCCN(C)C. The third kappa shape index (κ3) is 47.6. The first-order valence-electron chi connectivity index (χ1n) is 30.6. The molecule has 0 heterocycles. The van der Waals surface area contributed by atoms with E-state index in [1.54, 1.807) is 0 Å². The summed E-state index contributed by atoms with van der Waals surface area (Å²) in [4.78, 5) is 31.2. The summed E-state index contributed by atoms with van der Waals surface area (Å²) in [5.74, 6) is 5.98. The summed E-state index contributed by atoms with van der Waals surface area (Å²) in [5.41, 5.74) is 0. The number of nitrogens with zero attached hydrogens (tertiary/aromatic N) is 2. The highest BCUT2D eigenvalue weighted by atomic mass is 16.5. The standard InChI is InChI=1S/C63H126N2O4/c1-52(2)30-25-34-56(9)40-44-60(45-41-57(10)35-26-31-53(3)4)68-62(66)38-21-17-15-19-23-49-65(51-29-48-64(13)14)50-24-20-16-18-22-39-63(67)69-61(46-42-58(11)36-27-32-54(5)6)47-43-59(12)37-28-33-55(7)8/h52-61H,15-51H2,1-14H3. The van der Waals surface area contributed by atoms with Crippen molar-refractivity contribution >= 4 is 11.9 Å². The van der Waals surface area contributed by atoms with Crippen molar-refractivity contribution in [3.63, 3.8) is 0 Å². The molecule has 0 radical (unpaired) electrons. The molecule has 0 aliphatic rings. The van der Waals surface area contributed by atoms with Gasteiger partial charge in [0.1, 0.15) is 12.2 Å². The average molecular weight is 976 g/mol. The number of carbonyl (C=O) groups excluding carboxylic acids is 2. The van der Waals surface area contributed by atoms with E-state index in [1.807, 2.05) is 0 Å². The molecule has 0 saturated heterocycles. The summed E-state index contributed by atoms with van der Waals surface area (Å²) in [5, 5.41) is 0. The van der Waals surface area contributed by atoms with Crippen molar-refractivity contribution in [2.24, 2.45) is 47.3 Å². The Bertz CT molecular complexity index is 1010. The number of rotatable bonds is 50. The maximum absolute atomic E-state index is 13.1. The Balaban J connectivity index is 4.74. The van der Waals surface area contributed by atoms with Crippen LogP contribution in [0.1, 0.15) is 295 Å². The van der Waals surface area contributed by atoms with Gasteiger partial charge in [0, 0.05) is 12.8 Å². The van der Waals surface area contributed by atoms with Gasteiger partial charge in [-0.2, -0.15) is 0 Å². The van der Waals surface area contributed by atoms with Crippen LogP contribution < -0.4 is 0 Å². The summed E-state index contributed by atoms with van der Waals surface area (Å²) in [7, 11) is 4.35. The molecular formula is C63H126N2O4. The van der Waals surface area contributed by atoms with Crippen LogP contribution in [-0.4, -0.2) is 74.2 Å². The van der Waals surface area contributed by atoms with Gasteiger partial charge in [-0.3, -0.25) is 9.59 Å². The van der Waals surface area contributed by atoms with E-state index in [2.05, 4.69) is 107 Å². The van der Waals surface area contributed by atoms with E-state index in [9.17, 15) is 9.59 Å². The van der Waals surface area contributed by atoms with Gasteiger partial charge >= 0.3 is 11.9 Å². The Morgan fingerprint density at radius 2 is 0.580 bits per heavy atom. The van der Waals surface area contributed by atoms with E-state index < -0.39 is 0 Å². The van der Waals surface area contributed by atoms with Crippen LogP contribution in [0.15, 0.2) is 0 Å². The molecule has 0 rings (SSSR count). The van der Waals surface area contributed by atoms with Crippen molar-refractivity contribution in [1.29, 1.82) is 0 Å². The van der Waals surface area contributed by atoms with E-state index in [0.717, 1.165) is 81.6 Å². The first-order valence-corrected chi connectivity index (χ1v) is 30.6. The zero-order chi connectivity index (χ0) is 51.7. The molecule has 0 aromatic heterocycles. The van der Waals surface area contributed by atoms with Crippen LogP contribution in [0.3, 0.4) is 0 Å². The summed E-state index contributed by atoms with van der Waals surface area (Å²) in [6.45, 7) is 32.8. The van der Waals surface area contributed by atoms with Crippen LogP contribution in [0, 0.1) is 47.3 Å². The molecule has 0 fully saturated rings. The first kappa shape index (κ1) is 67.9. The van der Waals surface area contributed by atoms with Gasteiger partial charge in [-0.25, -0.2) is 0 Å². The lowest BCUT2D eigenvalue weighted by Gasteiger charge is -2.23. The second-order valence-corrected chi connectivity index (χ2v) is 25.3. The molecule has 412 valence electrons. The highest BCUT2D eigenvalue weighted by Gasteiger charge is 2.20. The molecule has 0 aliphatic carbocycles. The van der Waals surface area contributed by atoms with Crippen molar-refractivity contribution in [1.82, 2.24) is 9.80 Å². The molecule has 0 saturated carbocycles. The first-order chi connectivity index (χ1) is 32.9. The topological polar surface area (TPSA) is 59.1 Å². The maximum atomic E-state index is 13.1. The average Bonchev–Trinajstić information content (AvgIpc) is 3.26. The minimum atomic E-state index is 0.0343. The Labute approximate surface area is 433 Å². The molecule has 0 spiro atoms. The van der Waals surface area contributed by atoms with Gasteiger partial charge in [0.15, 0.2) is 0 Å². The molecule has 6 heteroatoms. The summed E-state index contributed by atoms with van der Waals surface area (Å²) >= 11 is 0. The van der Waals surface area contributed by atoms with E-state index in [0.29, 0.717) is 36.5 Å².